The van der Waals surface area contributed by atoms with Crippen molar-refractivity contribution in [3.05, 3.63) is 12.2 Å². The van der Waals surface area contributed by atoms with Gasteiger partial charge in [0.2, 0.25) is 5.91 Å². The number of nitrogens with two attached hydrogens (primary N) is 1. The minimum atomic E-state index is -1.47. The molecular formula is C13H21N3O7. The molecule has 0 radical (unpaired) electrons. The van der Waals surface area contributed by atoms with Crippen LogP contribution in [-0.2, 0) is 24.0 Å². The van der Waals surface area contributed by atoms with Crippen molar-refractivity contribution in [1.29, 1.82) is 0 Å². The summed E-state index contributed by atoms with van der Waals surface area (Å²) in [6.07, 6.45) is -0.430. The Kier molecular flexibility index (Phi) is 9.20. The van der Waals surface area contributed by atoms with Crippen LogP contribution in [0.25, 0.3) is 0 Å². The molecule has 0 aliphatic heterocycles. The van der Waals surface area contributed by atoms with Gasteiger partial charge in [0.05, 0.1) is 0 Å². The summed E-state index contributed by atoms with van der Waals surface area (Å²) in [6, 6.07) is -2.60. The Hall–Kier alpha value is -2.46. The van der Waals surface area contributed by atoms with E-state index in [1.807, 2.05) is 5.48 Å². The summed E-state index contributed by atoms with van der Waals surface area (Å²) in [5.41, 5.74) is 7.10. The van der Waals surface area contributed by atoms with Crippen molar-refractivity contribution in [3.63, 3.8) is 0 Å². The second-order valence-electron chi connectivity index (χ2n) is 4.64. The van der Waals surface area contributed by atoms with Gasteiger partial charge >= 0.3 is 17.9 Å². The third kappa shape index (κ3) is 8.53. The molecular weight excluding hydrogens is 310 g/mol. The number of amides is 1. The first kappa shape index (κ1) is 20.5. The van der Waals surface area contributed by atoms with Crippen LogP contribution in [0.2, 0.25) is 0 Å². The zero-order valence-electron chi connectivity index (χ0n) is 12.7. The lowest BCUT2D eigenvalue weighted by Gasteiger charge is -2.16. The van der Waals surface area contributed by atoms with Crippen molar-refractivity contribution in [3.8, 4) is 0 Å². The number of hydrogen-bond donors (Lipinski definition) is 5. The van der Waals surface area contributed by atoms with E-state index in [4.69, 9.17) is 15.9 Å². The molecule has 1 amide bonds. The van der Waals surface area contributed by atoms with Crippen LogP contribution in [-0.4, -0.2) is 52.7 Å². The maximum absolute atomic E-state index is 11.6. The van der Waals surface area contributed by atoms with Crippen molar-refractivity contribution in [2.45, 2.75) is 38.3 Å². The molecule has 0 aromatic heterocycles. The molecule has 130 valence electrons. The molecule has 10 heteroatoms. The number of rotatable bonds is 11. The van der Waals surface area contributed by atoms with Crippen molar-refractivity contribution in [2.75, 3.05) is 6.54 Å². The summed E-state index contributed by atoms with van der Waals surface area (Å²) < 4.78 is 0. The Balaban J connectivity index is 4.35. The number of hydroxylamine groups is 1. The van der Waals surface area contributed by atoms with E-state index in [-0.39, 0.29) is 24.3 Å². The van der Waals surface area contributed by atoms with Gasteiger partial charge in [-0.1, -0.05) is 6.58 Å². The standard InChI is InChI=1S/C13H21N3O7/c1-3-15-10(17)5-4-8(14)13(22)23-16-9(12(20)21)6-7(2)11(18)19/h8-9,16H,2-6,14H2,1H3,(H,15,17)(H,18,19)(H,20,21)/t8-,9-/m0/s1. The van der Waals surface area contributed by atoms with Gasteiger partial charge in [-0.25, -0.2) is 9.59 Å². The number of carboxylic acids is 2. The number of hydrogen-bond acceptors (Lipinski definition) is 7. The van der Waals surface area contributed by atoms with Gasteiger partial charge in [0.15, 0.2) is 0 Å². The molecule has 6 N–H and O–H groups in total. The second kappa shape index (κ2) is 10.3. The first-order valence-corrected chi connectivity index (χ1v) is 6.81. The number of aliphatic carboxylic acids is 2. The Labute approximate surface area is 132 Å². The highest BCUT2D eigenvalue weighted by Crippen LogP contribution is 2.05. The van der Waals surface area contributed by atoms with Crippen LogP contribution in [0, 0.1) is 0 Å². The normalized spacial score (nSPS) is 12.8. The number of carbonyl (C=O) groups excluding carboxylic acids is 2. The fraction of sp³-hybridized carbons (Fsp3) is 0.538. The molecule has 0 aromatic carbocycles. The quantitative estimate of drug-likeness (QED) is 0.230. The number of carboxylic acid groups (broad SMARTS) is 2. The van der Waals surface area contributed by atoms with E-state index in [0.29, 0.717) is 6.54 Å². The molecule has 0 heterocycles. The first-order valence-electron chi connectivity index (χ1n) is 6.81. The SMILES string of the molecule is C=C(C[C@H](NOC(=O)[C@@H](N)CCC(=O)NCC)C(=O)O)C(=O)O. The Morgan fingerprint density at radius 2 is 1.87 bits per heavy atom. The van der Waals surface area contributed by atoms with E-state index in [9.17, 15) is 19.2 Å². The van der Waals surface area contributed by atoms with Crippen LogP contribution < -0.4 is 16.5 Å². The Morgan fingerprint density at radius 1 is 1.26 bits per heavy atom. The monoisotopic (exact) mass is 331 g/mol. The lowest BCUT2D eigenvalue weighted by molar-refractivity contribution is -0.159. The molecule has 0 bridgehead atoms. The predicted octanol–water partition coefficient (Wildman–Crippen LogP) is -1.24. The van der Waals surface area contributed by atoms with Crippen LogP contribution in [0.1, 0.15) is 26.2 Å². The highest BCUT2D eigenvalue weighted by atomic mass is 16.7. The molecule has 0 rings (SSSR count). The molecule has 0 unspecified atom stereocenters. The molecule has 0 aromatic rings. The summed E-state index contributed by atoms with van der Waals surface area (Å²) in [5.74, 6) is -4.01. The Bertz CT molecular complexity index is 478. The van der Waals surface area contributed by atoms with Crippen molar-refractivity contribution in [1.82, 2.24) is 10.8 Å². The summed E-state index contributed by atoms with van der Waals surface area (Å²) in [6.45, 7) is 5.39. The third-order valence-electron chi connectivity index (χ3n) is 2.71. The molecule has 0 spiro atoms. The van der Waals surface area contributed by atoms with Gasteiger partial charge in [0.1, 0.15) is 12.1 Å². The van der Waals surface area contributed by atoms with E-state index >= 15 is 0 Å². The molecule has 0 aliphatic carbocycles. The topological polar surface area (TPSA) is 168 Å². The van der Waals surface area contributed by atoms with Gasteiger partial charge < -0.3 is 26.1 Å². The largest absolute Gasteiger partial charge is 0.480 e. The molecule has 2 atom stereocenters. The van der Waals surface area contributed by atoms with Gasteiger partial charge in [-0.3, -0.25) is 9.59 Å². The molecule has 0 aliphatic rings. The van der Waals surface area contributed by atoms with Gasteiger partial charge in [0, 0.05) is 25.0 Å². The van der Waals surface area contributed by atoms with Crippen LogP contribution >= 0.6 is 0 Å². The van der Waals surface area contributed by atoms with E-state index < -0.39 is 36.4 Å². The highest BCUT2D eigenvalue weighted by Gasteiger charge is 2.24. The maximum Gasteiger partial charge on any atom is 0.341 e. The average Bonchev–Trinajstić information content (AvgIpc) is 2.48. The summed E-state index contributed by atoms with van der Waals surface area (Å²) >= 11 is 0. The fourth-order valence-corrected chi connectivity index (χ4v) is 1.41. The summed E-state index contributed by atoms with van der Waals surface area (Å²) in [7, 11) is 0. The van der Waals surface area contributed by atoms with Crippen LogP contribution in [0.5, 0.6) is 0 Å². The number of nitrogens with one attached hydrogen (secondary N) is 2. The molecule has 0 fully saturated rings. The zero-order valence-corrected chi connectivity index (χ0v) is 12.7. The summed E-state index contributed by atoms with van der Waals surface area (Å²) in [5, 5.41) is 20.1. The van der Waals surface area contributed by atoms with Gasteiger partial charge in [-0.2, -0.15) is 0 Å². The predicted molar refractivity (Wildman–Crippen MR) is 77.9 cm³/mol. The van der Waals surface area contributed by atoms with Crippen molar-refractivity contribution >= 4 is 23.8 Å². The van der Waals surface area contributed by atoms with E-state index in [0.717, 1.165) is 0 Å². The Morgan fingerprint density at radius 3 is 2.35 bits per heavy atom. The van der Waals surface area contributed by atoms with Gasteiger partial charge in [-0.15, -0.1) is 5.48 Å². The average molecular weight is 331 g/mol. The number of carbonyl (C=O) groups is 4. The van der Waals surface area contributed by atoms with Crippen molar-refractivity contribution < 1.29 is 34.2 Å². The van der Waals surface area contributed by atoms with Crippen molar-refractivity contribution in [2.24, 2.45) is 5.73 Å². The van der Waals surface area contributed by atoms with Crippen LogP contribution in [0.4, 0.5) is 0 Å². The molecule has 0 saturated heterocycles. The van der Waals surface area contributed by atoms with E-state index in [1.54, 1.807) is 6.92 Å². The second-order valence-corrected chi connectivity index (χ2v) is 4.64. The first-order chi connectivity index (χ1) is 10.7. The third-order valence-corrected chi connectivity index (χ3v) is 2.71. The molecule has 23 heavy (non-hydrogen) atoms. The summed E-state index contributed by atoms with van der Waals surface area (Å²) in [4.78, 5) is 48.9. The fourth-order valence-electron chi connectivity index (χ4n) is 1.41. The van der Waals surface area contributed by atoms with Gasteiger partial charge in [-0.05, 0) is 13.3 Å². The minimum absolute atomic E-state index is 0.0162. The highest BCUT2D eigenvalue weighted by molar-refractivity contribution is 5.87. The van der Waals surface area contributed by atoms with Crippen LogP contribution in [0.15, 0.2) is 12.2 Å². The van der Waals surface area contributed by atoms with Crippen LogP contribution in [0.3, 0.4) is 0 Å². The van der Waals surface area contributed by atoms with E-state index in [2.05, 4.69) is 16.7 Å². The van der Waals surface area contributed by atoms with E-state index in [1.165, 1.54) is 0 Å². The molecule has 10 nitrogen and oxygen atoms in total. The smallest absolute Gasteiger partial charge is 0.341 e. The zero-order chi connectivity index (χ0) is 18.0. The lowest BCUT2D eigenvalue weighted by atomic mass is 10.1. The minimum Gasteiger partial charge on any atom is -0.480 e. The maximum atomic E-state index is 11.6. The lowest BCUT2D eigenvalue weighted by Crippen LogP contribution is -2.43. The molecule has 0 saturated carbocycles. The van der Waals surface area contributed by atoms with Gasteiger partial charge in [0.25, 0.3) is 0 Å².